The molecule has 3 rings (SSSR count). The molecule has 0 aromatic heterocycles. The lowest BCUT2D eigenvalue weighted by atomic mass is 9.67. The Morgan fingerprint density at radius 3 is 2.75 bits per heavy atom. The molecule has 0 spiro atoms. The first-order chi connectivity index (χ1) is 7.81. The van der Waals surface area contributed by atoms with Crippen LogP contribution >= 0.6 is 11.6 Å². The van der Waals surface area contributed by atoms with E-state index in [4.69, 9.17) is 16.3 Å². The molecule has 0 amide bonds. The second-order valence-electron chi connectivity index (χ2n) is 5.24. The summed E-state index contributed by atoms with van der Waals surface area (Å²) in [5.41, 5.74) is 1.74. The van der Waals surface area contributed by atoms with Crippen molar-refractivity contribution in [2.75, 3.05) is 5.88 Å². The van der Waals surface area contributed by atoms with E-state index in [-0.39, 0.29) is 0 Å². The number of ether oxygens (including phenoxy) is 1. The molecule has 2 heteroatoms. The Morgan fingerprint density at radius 1 is 1.31 bits per heavy atom. The van der Waals surface area contributed by atoms with Gasteiger partial charge in [-0.1, -0.05) is 24.6 Å². The molecule has 86 valence electrons. The number of benzene rings is 1. The average molecular weight is 237 g/mol. The van der Waals surface area contributed by atoms with Crippen LogP contribution in [0, 0.1) is 5.41 Å². The lowest BCUT2D eigenvalue weighted by Crippen LogP contribution is -2.36. The van der Waals surface area contributed by atoms with Crippen LogP contribution in [0.15, 0.2) is 24.3 Å². The zero-order chi connectivity index (χ0) is 11.0. The first-order valence-electron chi connectivity index (χ1n) is 6.12. The van der Waals surface area contributed by atoms with E-state index in [2.05, 4.69) is 18.2 Å². The molecule has 1 unspecified atom stereocenters. The van der Waals surface area contributed by atoms with Crippen molar-refractivity contribution in [3.63, 3.8) is 0 Å². The maximum absolute atomic E-state index is 6.09. The first-order valence-corrected chi connectivity index (χ1v) is 6.65. The second kappa shape index (κ2) is 3.96. The largest absolute Gasteiger partial charge is 0.490 e. The minimum absolute atomic E-state index is 0.358. The summed E-state index contributed by atoms with van der Waals surface area (Å²) in [5, 5.41) is 0. The van der Waals surface area contributed by atoms with E-state index in [1.54, 1.807) is 0 Å². The van der Waals surface area contributed by atoms with Crippen LogP contribution in [-0.2, 0) is 6.42 Å². The molecule has 0 saturated heterocycles. The molecular weight excluding hydrogens is 220 g/mol. The number of alkyl halides is 1. The van der Waals surface area contributed by atoms with Gasteiger partial charge in [0.25, 0.3) is 0 Å². The highest BCUT2D eigenvalue weighted by Gasteiger charge is 2.40. The fraction of sp³-hybridized carbons (Fsp3) is 0.571. The lowest BCUT2D eigenvalue weighted by Gasteiger charge is -2.41. The lowest BCUT2D eigenvalue weighted by molar-refractivity contribution is 0.0823. The van der Waals surface area contributed by atoms with Crippen molar-refractivity contribution in [1.29, 1.82) is 0 Å². The van der Waals surface area contributed by atoms with Gasteiger partial charge in [0.05, 0.1) is 0 Å². The van der Waals surface area contributed by atoms with Crippen LogP contribution in [0.1, 0.15) is 31.2 Å². The molecule has 1 aliphatic carbocycles. The van der Waals surface area contributed by atoms with E-state index in [0.29, 0.717) is 11.5 Å². The van der Waals surface area contributed by atoms with Crippen molar-refractivity contribution < 1.29 is 4.74 Å². The Balaban J connectivity index is 1.68. The molecule has 1 nitrogen and oxygen atoms in total. The molecule has 1 aromatic rings. The number of hydrogen-bond acceptors (Lipinski definition) is 1. The zero-order valence-corrected chi connectivity index (χ0v) is 10.2. The van der Waals surface area contributed by atoms with Crippen molar-refractivity contribution in [3.8, 4) is 5.75 Å². The number of fused-ring (bicyclic) bond motifs is 1. The highest BCUT2D eigenvalue weighted by Crippen LogP contribution is 2.47. The highest BCUT2D eigenvalue weighted by molar-refractivity contribution is 6.18. The quantitative estimate of drug-likeness (QED) is 0.726. The second-order valence-corrected chi connectivity index (χ2v) is 5.51. The molecular formula is C14H17ClO. The van der Waals surface area contributed by atoms with Gasteiger partial charge in [0.15, 0.2) is 0 Å². The van der Waals surface area contributed by atoms with Crippen molar-refractivity contribution in [1.82, 2.24) is 0 Å². The summed E-state index contributed by atoms with van der Waals surface area (Å²) in [6.07, 6.45) is 6.46. The van der Waals surface area contributed by atoms with E-state index in [0.717, 1.165) is 24.5 Å². The Hall–Kier alpha value is -0.690. The number of rotatable bonds is 3. The third-order valence-corrected chi connectivity index (χ3v) is 4.64. The SMILES string of the molecule is ClCC1(CC2Cc3ccccc3O2)CCC1. The number of hydrogen-bond donors (Lipinski definition) is 0. The summed E-state index contributed by atoms with van der Waals surface area (Å²) in [5.74, 6) is 1.87. The molecule has 0 bridgehead atoms. The Kier molecular flexibility index (Phi) is 2.59. The topological polar surface area (TPSA) is 9.23 Å². The maximum Gasteiger partial charge on any atom is 0.123 e. The summed E-state index contributed by atoms with van der Waals surface area (Å²) < 4.78 is 5.98. The fourth-order valence-corrected chi connectivity index (χ4v) is 3.30. The maximum atomic E-state index is 6.09. The highest BCUT2D eigenvalue weighted by atomic mass is 35.5. The Morgan fingerprint density at radius 2 is 2.12 bits per heavy atom. The predicted octanol–water partition coefficient (Wildman–Crippen LogP) is 3.79. The van der Waals surface area contributed by atoms with Gasteiger partial charge in [-0.25, -0.2) is 0 Å². The van der Waals surface area contributed by atoms with E-state index in [1.165, 1.54) is 24.8 Å². The molecule has 0 N–H and O–H groups in total. The first kappa shape index (κ1) is 10.5. The molecule has 0 radical (unpaired) electrons. The molecule has 2 aliphatic rings. The van der Waals surface area contributed by atoms with Crippen LogP contribution < -0.4 is 4.74 Å². The van der Waals surface area contributed by atoms with E-state index >= 15 is 0 Å². The molecule has 1 aromatic carbocycles. The van der Waals surface area contributed by atoms with E-state index in [1.807, 2.05) is 6.07 Å². The third-order valence-electron chi connectivity index (χ3n) is 4.07. The number of para-hydroxylation sites is 1. The van der Waals surface area contributed by atoms with Gasteiger partial charge >= 0.3 is 0 Å². The Labute approximate surface area is 102 Å². The standard InChI is InChI=1S/C14H17ClO/c15-10-14(6-3-7-14)9-12-8-11-4-1-2-5-13(11)16-12/h1-2,4-5,12H,3,6-10H2. The van der Waals surface area contributed by atoms with Crippen LogP contribution in [0.4, 0.5) is 0 Å². The summed E-state index contributed by atoms with van der Waals surface area (Å²) in [6.45, 7) is 0. The fourth-order valence-electron chi connectivity index (χ4n) is 2.92. The number of halogens is 1. The normalized spacial score (nSPS) is 25.7. The van der Waals surface area contributed by atoms with Crippen molar-refractivity contribution in [2.24, 2.45) is 5.41 Å². The van der Waals surface area contributed by atoms with Gasteiger partial charge in [0, 0.05) is 12.3 Å². The third kappa shape index (κ3) is 1.71. The Bertz CT molecular complexity index is 354. The molecule has 1 atom stereocenters. The zero-order valence-electron chi connectivity index (χ0n) is 9.42. The minimum atomic E-state index is 0.358. The van der Waals surface area contributed by atoms with Gasteiger partial charge in [0.2, 0.25) is 0 Å². The van der Waals surface area contributed by atoms with Gasteiger partial charge < -0.3 is 4.74 Å². The van der Waals surface area contributed by atoms with E-state index in [9.17, 15) is 0 Å². The van der Waals surface area contributed by atoms with Crippen LogP contribution in [0.2, 0.25) is 0 Å². The van der Waals surface area contributed by atoms with Gasteiger partial charge in [-0.15, -0.1) is 11.6 Å². The summed E-state index contributed by atoms with van der Waals surface area (Å²) in [4.78, 5) is 0. The van der Waals surface area contributed by atoms with Gasteiger partial charge in [0.1, 0.15) is 11.9 Å². The van der Waals surface area contributed by atoms with Gasteiger partial charge in [-0.05, 0) is 36.3 Å². The van der Waals surface area contributed by atoms with Gasteiger partial charge in [-0.2, -0.15) is 0 Å². The summed E-state index contributed by atoms with van der Waals surface area (Å²) in [6, 6.07) is 8.38. The van der Waals surface area contributed by atoms with Crippen LogP contribution in [0.25, 0.3) is 0 Å². The van der Waals surface area contributed by atoms with Crippen LogP contribution in [-0.4, -0.2) is 12.0 Å². The van der Waals surface area contributed by atoms with E-state index < -0.39 is 0 Å². The predicted molar refractivity (Wildman–Crippen MR) is 66.2 cm³/mol. The smallest absolute Gasteiger partial charge is 0.123 e. The minimum Gasteiger partial charge on any atom is -0.490 e. The molecule has 1 heterocycles. The monoisotopic (exact) mass is 236 g/mol. The summed E-state index contributed by atoms with van der Waals surface area (Å²) >= 11 is 6.09. The molecule has 1 saturated carbocycles. The van der Waals surface area contributed by atoms with Crippen LogP contribution in [0.3, 0.4) is 0 Å². The summed E-state index contributed by atoms with van der Waals surface area (Å²) in [7, 11) is 0. The van der Waals surface area contributed by atoms with Crippen molar-refractivity contribution in [3.05, 3.63) is 29.8 Å². The molecule has 16 heavy (non-hydrogen) atoms. The van der Waals surface area contributed by atoms with Crippen molar-refractivity contribution in [2.45, 2.75) is 38.2 Å². The molecule has 1 fully saturated rings. The average Bonchev–Trinajstić information content (AvgIpc) is 2.65. The molecule has 1 aliphatic heterocycles. The van der Waals surface area contributed by atoms with Gasteiger partial charge in [-0.3, -0.25) is 0 Å². The van der Waals surface area contributed by atoms with Crippen molar-refractivity contribution >= 4 is 11.6 Å². The van der Waals surface area contributed by atoms with Crippen LogP contribution in [0.5, 0.6) is 5.75 Å².